The lowest BCUT2D eigenvalue weighted by Gasteiger charge is -2.36. The number of benzene rings is 3. The first-order valence-electron chi connectivity index (χ1n) is 13.3. The lowest BCUT2D eigenvalue weighted by molar-refractivity contribution is -0.138. The second-order valence-corrected chi connectivity index (χ2v) is 9.09. The largest absolute Gasteiger partial charge is 0.463 e. The third-order valence-electron chi connectivity index (χ3n) is 6.46. The molecule has 0 bridgehead atoms. The molecule has 3 aromatic carbocycles. The molecule has 0 saturated heterocycles. The number of hydrogen-bond donors (Lipinski definition) is 3. The first-order valence-corrected chi connectivity index (χ1v) is 13.3. The summed E-state index contributed by atoms with van der Waals surface area (Å²) in [4.78, 5) is 40.9. The average Bonchev–Trinajstić information content (AvgIpc) is 2.95. The Morgan fingerprint density at radius 1 is 0.897 bits per heavy atom. The molecule has 1 aliphatic heterocycles. The van der Waals surface area contributed by atoms with Crippen molar-refractivity contribution in [2.75, 3.05) is 23.8 Å². The van der Waals surface area contributed by atoms with Gasteiger partial charge in [0.05, 0.1) is 23.9 Å². The van der Waals surface area contributed by atoms with Gasteiger partial charge in [0.15, 0.2) is 0 Å². The first-order chi connectivity index (χ1) is 19.0. The number of esters is 1. The molecule has 202 valence electrons. The van der Waals surface area contributed by atoms with E-state index in [2.05, 4.69) is 16.0 Å². The van der Waals surface area contributed by atoms with E-state index in [0.29, 0.717) is 29.1 Å². The molecule has 39 heavy (non-hydrogen) atoms. The van der Waals surface area contributed by atoms with Gasteiger partial charge in [0.2, 0.25) is 0 Å². The molecule has 1 aliphatic rings. The van der Waals surface area contributed by atoms with Gasteiger partial charge in [0, 0.05) is 17.9 Å². The Morgan fingerprint density at radius 3 is 2.26 bits per heavy atom. The fraction of sp³-hybridized carbons (Fsp3) is 0.258. The minimum Gasteiger partial charge on any atom is -0.463 e. The second-order valence-electron chi connectivity index (χ2n) is 9.09. The van der Waals surface area contributed by atoms with Crippen LogP contribution >= 0.6 is 0 Å². The SMILES string of the molecule is CCCN1C(=O)NC(c2ccc(NC(=O)Nc3ccccc3CC)cc2)C(C(=O)OCC)=C1c1ccccc1. The lowest BCUT2D eigenvalue weighted by atomic mass is 9.91. The predicted molar refractivity (Wildman–Crippen MR) is 153 cm³/mol. The maximum atomic E-state index is 13.3. The Balaban J connectivity index is 1.65. The molecule has 1 unspecified atom stereocenters. The number of rotatable bonds is 9. The van der Waals surface area contributed by atoms with Gasteiger partial charge in [-0.1, -0.05) is 74.5 Å². The number of aryl methyl sites for hydroxylation is 1. The standard InChI is InChI=1S/C31H34N4O4/c1-4-20-35-28(23-13-8-7-9-14-23)26(29(36)39-6-3)27(34-31(35)38)22-16-18-24(19-17-22)32-30(37)33-25-15-11-10-12-21(25)5-2/h7-19,27H,4-6,20H2,1-3H3,(H,34,38)(H2,32,33,37). The van der Waals surface area contributed by atoms with E-state index in [1.807, 2.05) is 68.4 Å². The Hall–Kier alpha value is -4.59. The van der Waals surface area contributed by atoms with Crippen LogP contribution < -0.4 is 16.0 Å². The van der Waals surface area contributed by atoms with Crippen LogP contribution in [0.1, 0.15) is 49.9 Å². The molecule has 0 saturated carbocycles. The molecule has 4 rings (SSSR count). The van der Waals surface area contributed by atoms with E-state index in [0.717, 1.165) is 29.7 Å². The highest BCUT2D eigenvalue weighted by Crippen LogP contribution is 2.37. The van der Waals surface area contributed by atoms with Crippen LogP contribution in [0.15, 0.2) is 84.4 Å². The topological polar surface area (TPSA) is 99.8 Å². The summed E-state index contributed by atoms with van der Waals surface area (Å²) in [7, 11) is 0. The van der Waals surface area contributed by atoms with Gasteiger partial charge in [-0.2, -0.15) is 0 Å². The molecule has 0 fully saturated rings. The first kappa shape index (κ1) is 27.4. The fourth-order valence-corrected chi connectivity index (χ4v) is 4.67. The molecule has 0 aliphatic carbocycles. The van der Waals surface area contributed by atoms with Crippen molar-refractivity contribution in [3.8, 4) is 0 Å². The highest BCUT2D eigenvalue weighted by Gasteiger charge is 2.38. The monoisotopic (exact) mass is 526 g/mol. The molecular formula is C31H34N4O4. The van der Waals surface area contributed by atoms with Gasteiger partial charge in [0.25, 0.3) is 0 Å². The zero-order valence-corrected chi connectivity index (χ0v) is 22.5. The van der Waals surface area contributed by atoms with Gasteiger partial charge >= 0.3 is 18.0 Å². The van der Waals surface area contributed by atoms with Gasteiger partial charge in [-0.05, 0) is 54.7 Å². The Morgan fingerprint density at radius 2 is 1.59 bits per heavy atom. The maximum Gasteiger partial charge on any atom is 0.338 e. The number of nitrogens with one attached hydrogen (secondary N) is 3. The maximum absolute atomic E-state index is 13.3. The Kier molecular flexibility index (Phi) is 8.99. The third-order valence-corrected chi connectivity index (χ3v) is 6.46. The van der Waals surface area contributed by atoms with E-state index in [1.54, 1.807) is 36.1 Å². The van der Waals surface area contributed by atoms with Crippen molar-refractivity contribution in [3.05, 3.63) is 101 Å². The normalized spacial score (nSPS) is 15.0. The van der Waals surface area contributed by atoms with Crippen molar-refractivity contribution in [2.45, 2.75) is 39.7 Å². The van der Waals surface area contributed by atoms with Crippen LogP contribution in [0.2, 0.25) is 0 Å². The van der Waals surface area contributed by atoms with Crippen LogP contribution in [0.5, 0.6) is 0 Å². The molecule has 0 radical (unpaired) electrons. The number of carbonyl (C=O) groups excluding carboxylic acids is 3. The van der Waals surface area contributed by atoms with Crippen molar-refractivity contribution >= 4 is 35.1 Å². The highest BCUT2D eigenvalue weighted by molar-refractivity contribution is 6.05. The van der Waals surface area contributed by atoms with Crippen molar-refractivity contribution in [1.29, 1.82) is 0 Å². The summed E-state index contributed by atoms with van der Waals surface area (Å²) in [6.07, 6.45) is 1.52. The number of hydrogen-bond acceptors (Lipinski definition) is 4. The Labute approximate surface area is 229 Å². The van der Waals surface area contributed by atoms with Crippen LogP contribution in [-0.2, 0) is 16.0 Å². The third kappa shape index (κ3) is 6.29. The molecule has 4 amide bonds. The number of ether oxygens (including phenoxy) is 1. The quantitative estimate of drug-likeness (QED) is 0.283. The lowest BCUT2D eigenvalue weighted by Crippen LogP contribution is -2.48. The smallest absolute Gasteiger partial charge is 0.338 e. The van der Waals surface area contributed by atoms with Gasteiger partial charge < -0.3 is 20.7 Å². The molecule has 3 aromatic rings. The molecule has 1 atom stereocenters. The van der Waals surface area contributed by atoms with Gasteiger partial charge in [-0.15, -0.1) is 0 Å². The van der Waals surface area contributed by atoms with E-state index >= 15 is 0 Å². The summed E-state index contributed by atoms with van der Waals surface area (Å²) in [5, 5.41) is 8.72. The molecule has 8 nitrogen and oxygen atoms in total. The fourth-order valence-electron chi connectivity index (χ4n) is 4.67. The van der Waals surface area contributed by atoms with Crippen molar-refractivity contribution in [1.82, 2.24) is 10.2 Å². The molecule has 0 spiro atoms. The minimum atomic E-state index is -0.723. The number of amides is 4. The van der Waals surface area contributed by atoms with Crippen LogP contribution in [0, 0.1) is 0 Å². The summed E-state index contributed by atoms with van der Waals surface area (Å²) in [5.41, 5.74) is 4.74. The second kappa shape index (κ2) is 12.8. The summed E-state index contributed by atoms with van der Waals surface area (Å²) >= 11 is 0. The van der Waals surface area contributed by atoms with Crippen LogP contribution in [-0.4, -0.2) is 36.1 Å². The summed E-state index contributed by atoms with van der Waals surface area (Å²) in [5.74, 6) is -0.487. The van der Waals surface area contributed by atoms with E-state index in [-0.39, 0.29) is 18.7 Å². The van der Waals surface area contributed by atoms with Crippen LogP contribution in [0.25, 0.3) is 5.70 Å². The number of para-hydroxylation sites is 1. The van der Waals surface area contributed by atoms with Crippen LogP contribution in [0.3, 0.4) is 0 Å². The molecular weight excluding hydrogens is 492 g/mol. The summed E-state index contributed by atoms with van der Waals surface area (Å²) in [6.45, 7) is 6.42. The van der Waals surface area contributed by atoms with Crippen LogP contribution in [0.4, 0.5) is 21.0 Å². The minimum absolute atomic E-state index is 0.206. The van der Waals surface area contributed by atoms with E-state index < -0.39 is 12.0 Å². The number of nitrogens with zero attached hydrogens (tertiary/aromatic N) is 1. The number of urea groups is 2. The predicted octanol–water partition coefficient (Wildman–Crippen LogP) is 6.34. The zero-order valence-electron chi connectivity index (χ0n) is 22.5. The highest BCUT2D eigenvalue weighted by atomic mass is 16.5. The van der Waals surface area contributed by atoms with Crippen molar-refractivity contribution in [3.63, 3.8) is 0 Å². The van der Waals surface area contributed by atoms with E-state index in [1.165, 1.54) is 0 Å². The summed E-state index contributed by atoms with van der Waals surface area (Å²) in [6, 6.07) is 22.8. The van der Waals surface area contributed by atoms with E-state index in [4.69, 9.17) is 4.74 Å². The average molecular weight is 527 g/mol. The van der Waals surface area contributed by atoms with Gasteiger partial charge in [-0.25, -0.2) is 14.4 Å². The molecule has 0 aromatic heterocycles. The van der Waals surface area contributed by atoms with E-state index in [9.17, 15) is 14.4 Å². The molecule has 1 heterocycles. The molecule has 8 heteroatoms. The number of carbonyl (C=O) groups is 3. The summed E-state index contributed by atoms with van der Waals surface area (Å²) < 4.78 is 5.46. The zero-order chi connectivity index (χ0) is 27.8. The van der Waals surface area contributed by atoms with Crippen molar-refractivity contribution < 1.29 is 19.1 Å². The van der Waals surface area contributed by atoms with Crippen molar-refractivity contribution in [2.24, 2.45) is 0 Å². The van der Waals surface area contributed by atoms with Gasteiger partial charge in [0.1, 0.15) is 0 Å². The Bertz CT molecular complexity index is 1350. The number of anilines is 2. The van der Waals surface area contributed by atoms with Gasteiger partial charge in [-0.3, -0.25) is 4.90 Å². The molecule has 3 N–H and O–H groups in total.